The summed E-state index contributed by atoms with van der Waals surface area (Å²) in [5.74, 6) is 0.130. The Bertz CT molecular complexity index is 321. The van der Waals surface area contributed by atoms with Crippen molar-refractivity contribution >= 4 is 16.1 Å². The number of hydrogen-bond donors (Lipinski definition) is 1. The molecule has 0 spiro atoms. The molecule has 0 aromatic heterocycles. The van der Waals surface area contributed by atoms with Crippen molar-refractivity contribution in [1.29, 1.82) is 0 Å². The van der Waals surface area contributed by atoms with Crippen LogP contribution in [0.4, 0.5) is 4.79 Å². The number of carboxylic acid groups (broad SMARTS) is 1. The topological polar surface area (TPSA) is 77.9 Å². The van der Waals surface area contributed by atoms with E-state index in [9.17, 15) is 13.2 Å². The van der Waals surface area contributed by atoms with Gasteiger partial charge in [0.1, 0.15) is 0 Å². The Morgan fingerprint density at radius 1 is 1.57 bits per heavy atom. The first-order valence-electron chi connectivity index (χ1n) is 4.20. The molecule has 6 nitrogen and oxygen atoms in total. The van der Waals surface area contributed by atoms with E-state index >= 15 is 0 Å². The largest absolute Gasteiger partial charge is 0.465 e. The van der Waals surface area contributed by atoms with Crippen molar-refractivity contribution in [1.82, 2.24) is 9.21 Å². The minimum absolute atomic E-state index is 0.130. The molecule has 1 amide bonds. The van der Waals surface area contributed by atoms with Gasteiger partial charge in [-0.15, -0.1) is 0 Å². The van der Waals surface area contributed by atoms with Crippen molar-refractivity contribution in [2.45, 2.75) is 0 Å². The average Bonchev–Trinajstić information content (AvgIpc) is 1.92. The second-order valence-electron chi connectivity index (χ2n) is 3.60. The van der Waals surface area contributed by atoms with Gasteiger partial charge in [0.15, 0.2) is 0 Å². The third kappa shape index (κ3) is 2.58. The summed E-state index contributed by atoms with van der Waals surface area (Å²) in [4.78, 5) is 11.7. The number of carbonyl (C=O) groups is 1. The highest BCUT2D eigenvalue weighted by atomic mass is 32.2. The van der Waals surface area contributed by atoms with Crippen LogP contribution in [0.15, 0.2) is 0 Å². The smallest absolute Gasteiger partial charge is 0.407 e. The van der Waals surface area contributed by atoms with E-state index in [2.05, 4.69) is 0 Å². The maximum atomic E-state index is 11.0. The van der Waals surface area contributed by atoms with Crippen molar-refractivity contribution in [2.75, 3.05) is 32.9 Å². The molecule has 0 atom stereocenters. The van der Waals surface area contributed by atoms with Crippen LogP contribution in [0, 0.1) is 5.92 Å². The average molecular weight is 222 g/mol. The van der Waals surface area contributed by atoms with Gasteiger partial charge in [-0.3, -0.25) is 0 Å². The van der Waals surface area contributed by atoms with E-state index < -0.39 is 16.1 Å². The Hall–Kier alpha value is -0.820. The molecule has 1 aliphatic rings. The summed E-state index contributed by atoms with van der Waals surface area (Å²) in [5.41, 5.74) is 0. The van der Waals surface area contributed by atoms with Crippen LogP contribution < -0.4 is 0 Å². The molecular weight excluding hydrogens is 208 g/mol. The quantitative estimate of drug-likeness (QED) is 0.697. The summed E-state index contributed by atoms with van der Waals surface area (Å²) in [6.45, 7) is 1.24. The molecule has 0 unspecified atom stereocenters. The molecule has 14 heavy (non-hydrogen) atoms. The Morgan fingerprint density at radius 2 is 2.07 bits per heavy atom. The molecule has 7 heteroatoms. The number of hydrogen-bond acceptors (Lipinski definition) is 3. The van der Waals surface area contributed by atoms with Crippen molar-refractivity contribution in [2.24, 2.45) is 5.92 Å². The molecule has 1 saturated heterocycles. The fourth-order valence-corrected chi connectivity index (χ4v) is 1.82. The number of amides is 1. The van der Waals surface area contributed by atoms with E-state index in [4.69, 9.17) is 5.11 Å². The minimum atomic E-state index is -3.14. The van der Waals surface area contributed by atoms with Crippen molar-refractivity contribution in [3.8, 4) is 0 Å². The third-order valence-corrected chi connectivity index (χ3v) is 3.59. The van der Waals surface area contributed by atoms with Gasteiger partial charge in [-0.2, -0.15) is 0 Å². The van der Waals surface area contributed by atoms with Gasteiger partial charge in [-0.1, -0.05) is 0 Å². The molecule has 1 rings (SSSR count). The predicted octanol–water partition coefficient (Wildman–Crippen LogP) is -0.512. The Kier molecular flexibility index (Phi) is 3.01. The summed E-state index contributed by atoms with van der Waals surface area (Å²) in [6, 6.07) is 0. The maximum Gasteiger partial charge on any atom is 0.407 e. The van der Waals surface area contributed by atoms with Crippen LogP contribution in [0.5, 0.6) is 0 Å². The van der Waals surface area contributed by atoms with Crippen LogP contribution >= 0.6 is 0 Å². The van der Waals surface area contributed by atoms with Gasteiger partial charge in [0.2, 0.25) is 10.0 Å². The molecule has 1 N–H and O–H groups in total. The first-order chi connectivity index (χ1) is 6.30. The normalized spacial score (nSPS) is 18.4. The summed E-state index contributed by atoms with van der Waals surface area (Å²) >= 11 is 0. The van der Waals surface area contributed by atoms with Gasteiger partial charge in [-0.25, -0.2) is 17.5 Å². The lowest BCUT2D eigenvalue weighted by Gasteiger charge is -2.38. The molecule has 82 valence electrons. The fraction of sp³-hybridized carbons (Fsp3) is 0.857. The Labute approximate surface area is 83.2 Å². The molecule has 0 aliphatic carbocycles. The van der Waals surface area contributed by atoms with Crippen LogP contribution in [0.1, 0.15) is 0 Å². The molecule has 1 aliphatic heterocycles. The van der Waals surface area contributed by atoms with Crippen LogP contribution in [0.3, 0.4) is 0 Å². The Morgan fingerprint density at radius 3 is 2.43 bits per heavy atom. The standard InChI is InChI=1S/C7H14N2O4S/c1-8(14(2,12)13)3-6-4-9(5-6)7(10)11/h6H,3-5H2,1-2H3,(H,10,11). The van der Waals surface area contributed by atoms with Crippen LogP contribution in [-0.2, 0) is 10.0 Å². The van der Waals surface area contributed by atoms with Crippen molar-refractivity contribution < 1.29 is 18.3 Å². The van der Waals surface area contributed by atoms with Crippen molar-refractivity contribution in [3.63, 3.8) is 0 Å². The zero-order valence-electron chi connectivity index (χ0n) is 8.17. The molecule has 0 aromatic rings. The summed E-state index contributed by atoms with van der Waals surface area (Å²) in [7, 11) is -1.65. The van der Waals surface area contributed by atoms with Gasteiger partial charge in [0.05, 0.1) is 6.26 Å². The molecular formula is C7H14N2O4S. The van der Waals surface area contributed by atoms with Crippen LogP contribution in [-0.4, -0.2) is 61.8 Å². The van der Waals surface area contributed by atoms with Gasteiger partial charge in [0, 0.05) is 32.6 Å². The highest BCUT2D eigenvalue weighted by Gasteiger charge is 2.32. The second-order valence-corrected chi connectivity index (χ2v) is 5.69. The molecule has 0 aromatic carbocycles. The fourth-order valence-electron chi connectivity index (χ4n) is 1.34. The monoisotopic (exact) mass is 222 g/mol. The summed E-state index contributed by atoms with van der Waals surface area (Å²) in [5, 5.41) is 8.54. The summed E-state index contributed by atoms with van der Waals surface area (Å²) in [6.07, 6.45) is 0.198. The lowest BCUT2D eigenvalue weighted by Crippen LogP contribution is -2.53. The number of nitrogens with zero attached hydrogens (tertiary/aromatic N) is 2. The maximum absolute atomic E-state index is 11.0. The number of sulfonamides is 1. The third-order valence-electron chi connectivity index (χ3n) is 2.31. The zero-order chi connectivity index (χ0) is 10.9. The SMILES string of the molecule is CN(CC1CN(C(=O)O)C1)S(C)(=O)=O. The van der Waals surface area contributed by atoms with Crippen LogP contribution in [0.25, 0.3) is 0 Å². The zero-order valence-corrected chi connectivity index (χ0v) is 8.99. The Balaban J connectivity index is 2.34. The lowest BCUT2D eigenvalue weighted by atomic mass is 10.0. The van der Waals surface area contributed by atoms with E-state index in [0.717, 1.165) is 6.26 Å². The van der Waals surface area contributed by atoms with Gasteiger partial charge >= 0.3 is 6.09 Å². The van der Waals surface area contributed by atoms with E-state index in [1.807, 2.05) is 0 Å². The summed E-state index contributed by atoms with van der Waals surface area (Å²) < 4.78 is 23.3. The van der Waals surface area contributed by atoms with E-state index in [0.29, 0.717) is 19.6 Å². The molecule has 1 heterocycles. The first-order valence-corrected chi connectivity index (χ1v) is 6.04. The minimum Gasteiger partial charge on any atom is -0.465 e. The highest BCUT2D eigenvalue weighted by molar-refractivity contribution is 7.88. The highest BCUT2D eigenvalue weighted by Crippen LogP contribution is 2.16. The lowest BCUT2D eigenvalue weighted by molar-refractivity contribution is 0.0758. The van der Waals surface area contributed by atoms with E-state index in [1.54, 1.807) is 0 Å². The molecule has 0 radical (unpaired) electrons. The van der Waals surface area contributed by atoms with Gasteiger partial charge in [-0.05, 0) is 0 Å². The van der Waals surface area contributed by atoms with E-state index in [-0.39, 0.29) is 5.92 Å². The van der Waals surface area contributed by atoms with E-state index in [1.165, 1.54) is 16.3 Å². The van der Waals surface area contributed by atoms with Crippen molar-refractivity contribution in [3.05, 3.63) is 0 Å². The first kappa shape index (κ1) is 11.3. The van der Waals surface area contributed by atoms with Crippen LogP contribution in [0.2, 0.25) is 0 Å². The number of likely N-dealkylation sites (tertiary alicyclic amines) is 1. The second kappa shape index (κ2) is 3.74. The van der Waals surface area contributed by atoms with Gasteiger partial charge < -0.3 is 10.0 Å². The van der Waals surface area contributed by atoms with Gasteiger partial charge in [0.25, 0.3) is 0 Å². The molecule has 1 fully saturated rings. The number of rotatable bonds is 3. The molecule has 0 bridgehead atoms. The molecule has 0 saturated carbocycles. The predicted molar refractivity (Wildman–Crippen MR) is 50.6 cm³/mol.